The topological polar surface area (TPSA) is 32.3 Å². The molecule has 0 bridgehead atoms. The summed E-state index contributed by atoms with van der Waals surface area (Å²) in [4.78, 5) is 13.8. The van der Waals surface area contributed by atoms with Crippen molar-refractivity contribution in [3.63, 3.8) is 0 Å². The zero-order valence-electron chi connectivity index (χ0n) is 12.4. The molecule has 0 heterocycles. The molecule has 0 saturated heterocycles. The molecule has 0 aliphatic rings. The molecule has 0 atom stereocenters. The fourth-order valence-corrected chi connectivity index (χ4v) is 2.20. The largest absolute Gasteiger partial charge is 0.334 e. The van der Waals surface area contributed by atoms with Crippen molar-refractivity contribution in [2.75, 3.05) is 6.54 Å². The van der Waals surface area contributed by atoms with Crippen molar-refractivity contribution < 1.29 is 9.18 Å². The van der Waals surface area contributed by atoms with Crippen molar-refractivity contribution in [2.45, 2.75) is 20.0 Å². The molecule has 0 aliphatic heterocycles. The monoisotopic (exact) mass is 320 g/mol. The number of halogens is 2. The highest BCUT2D eigenvalue weighted by atomic mass is 35.5. The van der Waals surface area contributed by atoms with Crippen molar-refractivity contribution in [2.24, 2.45) is 0 Å². The van der Waals surface area contributed by atoms with E-state index in [0.29, 0.717) is 24.7 Å². The van der Waals surface area contributed by atoms with Gasteiger partial charge in [-0.2, -0.15) is 0 Å². The third-order valence-corrected chi connectivity index (χ3v) is 3.54. The number of benzene rings is 2. The number of carbonyl (C=O) groups excluding carboxylic acids is 1. The fraction of sp³-hybridized carbons (Fsp3) is 0.235. The molecular weight excluding hydrogens is 303 g/mol. The van der Waals surface area contributed by atoms with Gasteiger partial charge in [0.15, 0.2) is 0 Å². The predicted molar refractivity (Wildman–Crippen MR) is 86.2 cm³/mol. The maximum Gasteiger partial charge on any atom is 0.317 e. The number of rotatable bonds is 5. The summed E-state index contributed by atoms with van der Waals surface area (Å²) in [7, 11) is 0. The Morgan fingerprint density at radius 1 is 1.18 bits per heavy atom. The first-order valence-corrected chi connectivity index (χ1v) is 7.48. The number of amides is 2. The van der Waals surface area contributed by atoms with E-state index >= 15 is 0 Å². The second kappa shape index (κ2) is 7.80. The number of hydrogen-bond acceptors (Lipinski definition) is 1. The Hall–Kier alpha value is -2.07. The fourth-order valence-electron chi connectivity index (χ4n) is 2.07. The second-order valence-corrected chi connectivity index (χ2v) is 5.37. The standard InChI is InChI=1S/C17H18ClFN2O/c1-2-21(12-14-4-3-5-16(19)10-14)17(22)20-11-13-6-8-15(18)9-7-13/h3-10H,2,11-12H2,1H3,(H,20,22). The Morgan fingerprint density at radius 3 is 2.55 bits per heavy atom. The minimum absolute atomic E-state index is 0.179. The lowest BCUT2D eigenvalue weighted by Gasteiger charge is -2.21. The van der Waals surface area contributed by atoms with Gasteiger partial charge in [0.25, 0.3) is 0 Å². The van der Waals surface area contributed by atoms with Crippen LogP contribution < -0.4 is 5.32 Å². The number of hydrogen-bond donors (Lipinski definition) is 1. The maximum absolute atomic E-state index is 13.2. The molecule has 2 aromatic rings. The molecule has 0 aliphatic carbocycles. The Kier molecular flexibility index (Phi) is 5.78. The van der Waals surface area contributed by atoms with Crippen LogP contribution in [0.2, 0.25) is 5.02 Å². The summed E-state index contributed by atoms with van der Waals surface area (Å²) in [6, 6.07) is 13.4. The van der Waals surface area contributed by atoms with E-state index in [1.165, 1.54) is 12.1 Å². The van der Waals surface area contributed by atoms with Gasteiger partial charge < -0.3 is 10.2 Å². The van der Waals surface area contributed by atoms with Gasteiger partial charge in [0, 0.05) is 24.7 Å². The molecule has 2 aromatic carbocycles. The zero-order valence-corrected chi connectivity index (χ0v) is 13.1. The minimum atomic E-state index is -0.296. The molecule has 2 amide bonds. The smallest absolute Gasteiger partial charge is 0.317 e. The van der Waals surface area contributed by atoms with Gasteiger partial charge in [-0.05, 0) is 42.3 Å². The molecule has 0 radical (unpaired) electrons. The Bertz CT molecular complexity index is 631. The zero-order chi connectivity index (χ0) is 15.9. The van der Waals surface area contributed by atoms with Crippen LogP contribution in [-0.4, -0.2) is 17.5 Å². The normalized spacial score (nSPS) is 10.3. The number of nitrogens with one attached hydrogen (secondary N) is 1. The third-order valence-electron chi connectivity index (χ3n) is 3.29. The third kappa shape index (κ3) is 4.74. The summed E-state index contributed by atoms with van der Waals surface area (Å²) in [5, 5.41) is 3.52. The molecular formula is C17H18ClFN2O. The molecule has 1 N–H and O–H groups in total. The minimum Gasteiger partial charge on any atom is -0.334 e. The van der Waals surface area contributed by atoms with E-state index in [1.807, 2.05) is 19.1 Å². The maximum atomic E-state index is 13.2. The van der Waals surface area contributed by atoms with Gasteiger partial charge in [-0.3, -0.25) is 0 Å². The second-order valence-electron chi connectivity index (χ2n) is 4.93. The Morgan fingerprint density at radius 2 is 1.91 bits per heavy atom. The highest BCUT2D eigenvalue weighted by molar-refractivity contribution is 6.30. The lowest BCUT2D eigenvalue weighted by atomic mass is 10.2. The van der Waals surface area contributed by atoms with Crippen molar-refractivity contribution in [1.82, 2.24) is 10.2 Å². The summed E-state index contributed by atoms with van der Waals surface area (Å²) in [6.07, 6.45) is 0. The number of carbonyl (C=O) groups is 1. The van der Waals surface area contributed by atoms with Crippen LogP contribution in [0.15, 0.2) is 48.5 Å². The first kappa shape index (κ1) is 16.3. The Labute approximate surface area is 134 Å². The summed E-state index contributed by atoms with van der Waals surface area (Å²) in [6.45, 7) is 3.24. The number of urea groups is 1. The van der Waals surface area contributed by atoms with Crippen LogP contribution >= 0.6 is 11.6 Å². The van der Waals surface area contributed by atoms with E-state index in [-0.39, 0.29) is 11.8 Å². The lowest BCUT2D eigenvalue weighted by Crippen LogP contribution is -2.39. The average Bonchev–Trinajstić information content (AvgIpc) is 2.52. The first-order chi connectivity index (χ1) is 10.6. The van der Waals surface area contributed by atoms with E-state index in [2.05, 4.69) is 5.32 Å². The Balaban J connectivity index is 1.92. The molecule has 0 spiro atoms. The molecule has 22 heavy (non-hydrogen) atoms. The van der Waals surface area contributed by atoms with Crippen LogP contribution in [0.3, 0.4) is 0 Å². The van der Waals surface area contributed by atoms with Gasteiger partial charge in [0.05, 0.1) is 0 Å². The summed E-state index contributed by atoms with van der Waals surface area (Å²) < 4.78 is 13.2. The molecule has 0 aromatic heterocycles. The predicted octanol–water partition coefficient (Wildman–Crippen LogP) is 4.21. The highest BCUT2D eigenvalue weighted by Crippen LogP contribution is 2.10. The van der Waals surface area contributed by atoms with Gasteiger partial charge in [-0.25, -0.2) is 9.18 Å². The van der Waals surface area contributed by atoms with E-state index < -0.39 is 0 Å². The van der Waals surface area contributed by atoms with Crippen LogP contribution in [0.5, 0.6) is 0 Å². The molecule has 0 fully saturated rings. The molecule has 2 rings (SSSR count). The lowest BCUT2D eigenvalue weighted by molar-refractivity contribution is 0.197. The van der Waals surface area contributed by atoms with Crippen LogP contribution in [0, 0.1) is 5.82 Å². The van der Waals surface area contributed by atoms with Crippen LogP contribution in [0.4, 0.5) is 9.18 Å². The summed E-state index contributed by atoms with van der Waals surface area (Å²) >= 11 is 5.82. The van der Waals surface area contributed by atoms with Gasteiger partial charge in [0.2, 0.25) is 0 Å². The molecule has 3 nitrogen and oxygen atoms in total. The summed E-state index contributed by atoms with van der Waals surface area (Å²) in [5.74, 6) is -0.296. The van der Waals surface area contributed by atoms with Crippen molar-refractivity contribution in [3.8, 4) is 0 Å². The average molecular weight is 321 g/mol. The first-order valence-electron chi connectivity index (χ1n) is 7.10. The quantitative estimate of drug-likeness (QED) is 0.879. The van der Waals surface area contributed by atoms with Crippen molar-refractivity contribution >= 4 is 17.6 Å². The molecule has 0 unspecified atom stereocenters. The van der Waals surface area contributed by atoms with Gasteiger partial charge in [-0.15, -0.1) is 0 Å². The van der Waals surface area contributed by atoms with E-state index in [1.54, 1.807) is 29.2 Å². The van der Waals surface area contributed by atoms with Gasteiger partial charge in [-0.1, -0.05) is 35.9 Å². The summed E-state index contributed by atoms with van der Waals surface area (Å²) in [5.41, 5.74) is 1.74. The van der Waals surface area contributed by atoms with E-state index in [0.717, 1.165) is 11.1 Å². The van der Waals surface area contributed by atoms with Crippen LogP contribution in [0.25, 0.3) is 0 Å². The highest BCUT2D eigenvalue weighted by Gasteiger charge is 2.12. The SMILES string of the molecule is CCN(Cc1cccc(F)c1)C(=O)NCc1ccc(Cl)cc1. The van der Waals surface area contributed by atoms with E-state index in [9.17, 15) is 9.18 Å². The number of nitrogens with zero attached hydrogens (tertiary/aromatic N) is 1. The molecule has 0 saturated carbocycles. The molecule has 5 heteroatoms. The van der Waals surface area contributed by atoms with E-state index in [4.69, 9.17) is 11.6 Å². The van der Waals surface area contributed by atoms with Crippen molar-refractivity contribution in [1.29, 1.82) is 0 Å². The molecule has 116 valence electrons. The van der Waals surface area contributed by atoms with Gasteiger partial charge in [0.1, 0.15) is 5.82 Å². The van der Waals surface area contributed by atoms with Gasteiger partial charge >= 0.3 is 6.03 Å². The van der Waals surface area contributed by atoms with Crippen molar-refractivity contribution in [3.05, 3.63) is 70.5 Å². The van der Waals surface area contributed by atoms with Crippen LogP contribution in [0.1, 0.15) is 18.1 Å². The van der Waals surface area contributed by atoms with Crippen LogP contribution in [-0.2, 0) is 13.1 Å².